The van der Waals surface area contributed by atoms with Crippen molar-refractivity contribution in [1.82, 2.24) is 5.32 Å². The number of carbonyl (C=O) groups excluding carboxylic acids is 1. The molecule has 0 aliphatic heterocycles. The van der Waals surface area contributed by atoms with Crippen LogP contribution in [0.3, 0.4) is 0 Å². The van der Waals surface area contributed by atoms with E-state index in [1.54, 1.807) is 23.5 Å². The highest BCUT2D eigenvalue weighted by Gasteiger charge is 2.10. The third-order valence-corrected chi connectivity index (χ3v) is 4.84. The molecule has 106 valence electrons. The third kappa shape index (κ3) is 3.69. The second-order valence-corrected chi connectivity index (χ2v) is 6.25. The van der Waals surface area contributed by atoms with E-state index in [1.807, 2.05) is 6.07 Å². The lowest BCUT2D eigenvalue weighted by Crippen LogP contribution is -2.17. The van der Waals surface area contributed by atoms with Crippen LogP contribution in [0.15, 0.2) is 40.2 Å². The van der Waals surface area contributed by atoms with Crippen LogP contribution in [0, 0.1) is 0 Å². The number of halogens is 1. The molecule has 0 saturated carbocycles. The summed E-state index contributed by atoms with van der Waals surface area (Å²) in [5.74, 6) is -0.322. The lowest BCUT2D eigenvalue weighted by Gasteiger charge is -2.13. The first kappa shape index (κ1) is 15.2. The van der Waals surface area contributed by atoms with E-state index in [1.165, 1.54) is 12.0 Å². The molecule has 0 aliphatic rings. The standard InChI is InChI=1S/C15H16BrNO2S/c1-10(14-4-3-7-20-14)17-9-12-6-5-11(8-13(12)16)15(18)19-2/h3-8,10,17H,9H2,1-2H3. The Balaban J connectivity index is 2.01. The van der Waals surface area contributed by atoms with Crippen molar-refractivity contribution in [3.63, 3.8) is 0 Å². The summed E-state index contributed by atoms with van der Waals surface area (Å²) in [6, 6.07) is 9.99. The molecular formula is C15H16BrNO2S. The average Bonchev–Trinajstić information content (AvgIpc) is 2.99. The van der Waals surface area contributed by atoms with Gasteiger partial charge in [-0.3, -0.25) is 0 Å². The number of methoxy groups -OCH3 is 1. The lowest BCUT2D eigenvalue weighted by molar-refractivity contribution is 0.0600. The smallest absolute Gasteiger partial charge is 0.337 e. The van der Waals surface area contributed by atoms with Gasteiger partial charge in [0.2, 0.25) is 0 Å². The Kier molecular flexibility index (Phi) is 5.34. The summed E-state index contributed by atoms with van der Waals surface area (Å²) in [5.41, 5.74) is 1.66. The number of esters is 1. The summed E-state index contributed by atoms with van der Waals surface area (Å²) in [6.45, 7) is 2.88. The van der Waals surface area contributed by atoms with E-state index in [-0.39, 0.29) is 5.97 Å². The van der Waals surface area contributed by atoms with Crippen molar-refractivity contribution in [3.05, 3.63) is 56.2 Å². The van der Waals surface area contributed by atoms with Crippen molar-refractivity contribution in [1.29, 1.82) is 0 Å². The number of thiophene rings is 1. The molecule has 2 rings (SSSR count). The van der Waals surface area contributed by atoms with Crippen LogP contribution >= 0.6 is 27.3 Å². The molecule has 3 nitrogen and oxygen atoms in total. The van der Waals surface area contributed by atoms with Crippen LogP contribution in [0.4, 0.5) is 0 Å². The number of ether oxygens (including phenoxy) is 1. The molecule has 1 N–H and O–H groups in total. The van der Waals surface area contributed by atoms with E-state index in [2.05, 4.69) is 45.7 Å². The van der Waals surface area contributed by atoms with Crippen LogP contribution in [0.25, 0.3) is 0 Å². The van der Waals surface area contributed by atoms with E-state index in [4.69, 9.17) is 4.74 Å². The SMILES string of the molecule is COC(=O)c1ccc(CNC(C)c2cccs2)c(Br)c1. The average molecular weight is 354 g/mol. The molecule has 20 heavy (non-hydrogen) atoms. The van der Waals surface area contributed by atoms with E-state index in [0.29, 0.717) is 11.6 Å². The topological polar surface area (TPSA) is 38.3 Å². The van der Waals surface area contributed by atoms with Gasteiger partial charge in [-0.25, -0.2) is 4.79 Å². The number of rotatable bonds is 5. The predicted octanol–water partition coefficient (Wildman–Crippen LogP) is 4.15. The summed E-state index contributed by atoms with van der Waals surface area (Å²) < 4.78 is 5.61. The van der Waals surface area contributed by atoms with Crippen molar-refractivity contribution in [2.45, 2.75) is 19.5 Å². The van der Waals surface area contributed by atoms with Crippen molar-refractivity contribution in [2.75, 3.05) is 7.11 Å². The van der Waals surface area contributed by atoms with E-state index >= 15 is 0 Å². The molecule has 1 unspecified atom stereocenters. The van der Waals surface area contributed by atoms with Crippen molar-refractivity contribution in [3.8, 4) is 0 Å². The number of hydrogen-bond donors (Lipinski definition) is 1. The van der Waals surface area contributed by atoms with E-state index < -0.39 is 0 Å². The zero-order chi connectivity index (χ0) is 14.5. The molecule has 0 saturated heterocycles. The van der Waals surface area contributed by atoms with Gasteiger partial charge in [-0.2, -0.15) is 0 Å². The zero-order valence-corrected chi connectivity index (χ0v) is 13.8. The number of benzene rings is 1. The monoisotopic (exact) mass is 353 g/mol. The summed E-state index contributed by atoms with van der Waals surface area (Å²) in [5, 5.41) is 5.55. The fraction of sp³-hybridized carbons (Fsp3) is 0.267. The Labute approximate surface area is 131 Å². The van der Waals surface area contributed by atoms with Crippen LogP contribution in [-0.2, 0) is 11.3 Å². The first-order valence-electron chi connectivity index (χ1n) is 6.25. The van der Waals surface area contributed by atoms with Gasteiger partial charge in [0, 0.05) is 21.9 Å². The number of hydrogen-bond acceptors (Lipinski definition) is 4. The van der Waals surface area contributed by atoms with Gasteiger partial charge in [0.05, 0.1) is 12.7 Å². The Bertz CT molecular complexity index is 584. The molecule has 1 atom stereocenters. The molecule has 0 aliphatic carbocycles. The summed E-state index contributed by atoms with van der Waals surface area (Å²) >= 11 is 5.24. The Morgan fingerprint density at radius 3 is 2.85 bits per heavy atom. The van der Waals surface area contributed by atoms with Gasteiger partial charge in [-0.1, -0.05) is 28.1 Å². The first-order chi connectivity index (χ1) is 9.61. The Morgan fingerprint density at radius 1 is 1.45 bits per heavy atom. The molecule has 0 amide bonds. The van der Waals surface area contributed by atoms with Crippen molar-refractivity contribution in [2.24, 2.45) is 0 Å². The fourth-order valence-corrected chi connectivity index (χ4v) is 3.11. The van der Waals surface area contributed by atoms with E-state index in [9.17, 15) is 4.79 Å². The molecular weight excluding hydrogens is 338 g/mol. The number of carbonyl (C=O) groups is 1. The molecule has 1 aromatic carbocycles. The van der Waals surface area contributed by atoms with Crippen molar-refractivity contribution < 1.29 is 9.53 Å². The van der Waals surface area contributed by atoms with Crippen molar-refractivity contribution >= 4 is 33.2 Å². The highest BCUT2D eigenvalue weighted by Crippen LogP contribution is 2.22. The Hall–Kier alpha value is -1.17. The van der Waals surface area contributed by atoms with Gasteiger partial charge in [0.15, 0.2) is 0 Å². The minimum absolute atomic E-state index is 0.308. The van der Waals surface area contributed by atoms with Crippen LogP contribution in [0.2, 0.25) is 0 Å². The lowest BCUT2D eigenvalue weighted by atomic mass is 10.1. The zero-order valence-electron chi connectivity index (χ0n) is 11.4. The maximum absolute atomic E-state index is 11.4. The molecule has 2 aromatic rings. The maximum atomic E-state index is 11.4. The minimum Gasteiger partial charge on any atom is -0.465 e. The van der Waals surface area contributed by atoms with Crippen LogP contribution < -0.4 is 5.32 Å². The van der Waals surface area contributed by atoms with Gasteiger partial charge in [0.25, 0.3) is 0 Å². The third-order valence-electron chi connectivity index (χ3n) is 3.04. The van der Waals surface area contributed by atoms with Gasteiger partial charge in [0.1, 0.15) is 0 Å². The Morgan fingerprint density at radius 2 is 2.25 bits per heavy atom. The molecule has 1 aromatic heterocycles. The molecule has 0 radical (unpaired) electrons. The largest absolute Gasteiger partial charge is 0.465 e. The second kappa shape index (κ2) is 7.02. The van der Waals surface area contributed by atoms with Crippen LogP contribution in [-0.4, -0.2) is 13.1 Å². The van der Waals surface area contributed by atoms with Gasteiger partial charge in [-0.15, -0.1) is 11.3 Å². The van der Waals surface area contributed by atoms with Gasteiger partial charge in [-0.05, 0) is 36.1 Å². The second-order valence-electron chi connectivity index (χ2n) is 4.42. The van der Waals surface area contributed by atoms with Gasteiger partial charge >= 0.3 is 5.97 Å². The fourth-order valence-electron chi connectivity index (χ4n) is 1.84. The van der Waals surface area contributed by atoms with Gasteiger partial charge < -0.3 is 10.1 Å². The normalized spacial score (nSPS) is 12.2. The summed E-state index contributed by atoms with van der Waals surface area (Å²) in [6.07, 6.45) is 0. The molecule has 5 heteroatoms. The first-order valence-corrected chi connectivity index (χ1v) is 7.92. The highest BCUT2D eigenvalue weighted by atomic mass is 79.9. The predicted molar refractivity (Wildman–Crippen MR) is 85.1 cm³/mol. The maximum Gasteiger partial charge on any atom is 0.337 e. The summed E-state index contributed by atoms with van der Waals surface area (Å²) in [4.78, 5) is 12.8. The summed E-state index contributed by atoms with van der Waals surface area (Å²) in [7, 11) is 1.38. The van der Waals surface area contributed by atoms with Crippen LogP contribution in [0.5, 0.6) is 0 Å². The highest BCUT2D eigenvalue weighted by molar-refractivity contribution is 9.10. The number of nitrogens with one attached hydrogen (secondary N) is 1. The quantitative estimate of drug-likeness (QED) is 0.820. The molecule has 0 bridgehead atoms. The van der Waals surface area contributed by atoms with E-state index in [0.717, 1.165) is 16.6 Å². The molecule has 0 spiro atoms. The van der Waals surface area contributed by atoms with Crippen LogP contribution in [0.1, 0.15) is 33.8 Å². The minimum atomic E-state index is -0.322. The molecule has 0 fully saturated rings. The molecule has 1 heterocycles.